The highest BCUT2D eigenvalue weighted by Crippen LogP contribution is 2.25. The average Bonchev–Trinajstić information content (AvgIpc) is 2.44. The normalized spacial score (nSPS) is 11.3. The fourth-order valence-electron chi connectivity index (χ4n) is 0.951. The lowest BCUT2D eigenvalue weighted by Crippen LogP contribution is -2.29. The zero-order chi connectivity index (χ0) is 13.2. The maximum absolute atomic E-state index is 11.9. The summed E-state index contributed by atoms with van der Waals surface area (Å²) < 4.78 is 35.8. The van der Waals surface area contributed by atoms with E-state index in [-0.39, 0.29) is 17.2 Å². The molecule has 1 aromatic rings. The number of carboxylic acid groups (broad SMARTS) is 1. The zero-order valence-electron chi connectivity index (χ0n) is 8.46. The molecule has 0 radical (unpaired) electrons. The predicted molar refractivity (Wildman–Crippen MR) is 52.9 cm³/mol. The number of hydrogen-bond acceptors (Lipinski definition) is 4. The fourth-order valence-corrected chi connectivity index (χ4v) is 1.90. The molecule has 1 heterocycles. The molecule has 1 amide bonds. The van der Waals surface area contributed by atoms with Crippen LogP contribution in [0.3, 0.4) is 0 Å². The number of aliphatic carboxylic acids is 1. The van der Waals surface area contributed by atoms with Gasteiger partial charge in [-0.25, -0.2) is 4.98 Å². The molecule has 0 aliphatic heterocycles. The molecule has 17 heavy (non-hydrogen) atoms. The van der Waals surface area contributed by atoms with Gasteiger partial charge in [0.2, 0.25) is 0 Å². The van der Waals surface area contributed by atoms with E-state index >= 15 is 0 Å². The number of rotatable bonds is 3. The number of aryl methyl sites for hydroxylation is 1. The second kappa shape index (κ2) is 4.70. The van der Waals surface area contributed by atoms with E-state index in [2.05, 4.69) is 4.98 Å². The van der Waals surface area contributed by atoms with Crippen molar-refractivity contribution in [3.05, 3.63) is 10.6 Å². The van der Waals surface area contributed by atoms with Gasteiger partial charge < -0.3 is 5.11 Å². The van der Waals surface area contributed by atoms with Crippen LogP contribution < -0.4 is 5.32 Å². The second-order valence-electron chi connectivity index (χ2n) is 3.05. The van der Waals surface area contributed by atoms with E-state index in [0.717, 1.165) is 0 Å². The molecule has 5 nitrogen and oxygen atoms in total. The SMILES string of the molecule is Cc1nc(NC(=O)C(F)(F)F)sc1CC(=O)O. The Bertz CT molecular complexity index is 455. The van der Waals surface area contributed by atoms with E-state index in [9.17, 15) is 22.8 Å². The summed E-state index contributed by atoms with van der Waals surface area (Å²) in [6, 6.07) is 0. The minimum absolute atomic E-state index is 0.263. The third-order valence-electron chi connectivity index (χ3n) is 1.68. The van der Waals surface area contributed by atoms with E-state index < -0.39 is 18.1 Å². The zero-order valence-corrected chi connectivity index (χ0v) is 9.28. The van der Waals surface area contributed by atoms with Crippen molar-refractivity contribution >= 4 is 28.3 Å². The lowest BCUT2D eigenvalue weighted by atomic mass is 10.3. The van der Waals surface area contributed by atoms with Gasteiger partial charge in [0.15, 0.2) is 5.13 Å². The van der Waals surface area contributed by atoms with Crippen molar-refractivity contribution in [1.29, 1.82) is 0 Å². The third-order valence-corrected chi connectivity index (χ3v) is 2.76. The molecule has 0 aromatic carbocycles. The molecule has 0 bridgehead atoms. The standard InChI is InChI=1S/C8H7F3N2O3S/c1-3-4(2-5(14)15)17-7(12-3)13-6(16)8(9,10)11/h2H2,1H3,(H,14,15)(H,12,13,16). The number of carbonyl (C=O) groups excluding carboxylic acids is 1. The molecule has 0 atom stereocenters. The maximum Gasteiger partial charge on any atom is 0.471 e. The van der Waals surface area contributed by atoms with Gasteiger partial charge in [-0.3, -0.25) is 14.9 Å². The smallest absolute Gasteiger partial charge is 0.471 e. The van der Waals surface area contributed by atoms with Gasteiger partial charge in [-0.15, -0.1) is 11.3 Å². The van der Waals surface area contributed by atoms with E-state index in [1.807, 2.05) is 0 Å². The molecule has 1 rings (SSSR count). The number of nitrogens with one attached hydrogen (secondary N) is 1. The molecule has 2 N–H and O–H groups in total. The summed E-state index contributed by atoms with van der Waals surface area (Å²) in [5.41, 5.74) is 0.287. The summed E-state index contributed by atoms with van der Waals surface area (Å²) >= 11 is 0.708. The van der Waals surface area contributed by atoms with E-state index in [1.54, 1.807) is 5.32 Å². The molecule has 0 saturated heterocycles. The maximum atomic E-state index is 11.9. The van der Waals surface area contributed by atoms with Crippen molar-refractivity contribution in [2.45, 2.75) is 19.5 Å². The molecular formula is C8H7F3N2O3S. The lowest BCUT2D eigenvalue weighted by molar-refractivity contribution is -0.167. The number of amides is 1. The molecule has 94 valence electrons. The van der Waals surface area contributed by atoms with E-state index in [0.29, 0.717) is 16.2 Å². The third kappa shape index (κ3) is 3.70. The monoisotopic (exact) mass is 268 g/mol. The van der Waals surface area contributed by atoms with Crippen LogP contribution in [0.25, 0.3) is 0 Å². The quantitative estimate of drug-likeness (QED) is 0.872. The minimum Gasteiger partial charge on any atom is -0.481 e. The Morgan fingerprint density at radius 2 is 2.06 bits per heavy atom. The molecule has 0 spiro atoms. The first-order chi connectivity index (χ1) is 7.70. The molecule has 0 aliphatic carbocycles. The van der Waals surface area contributed by atoms with Gasteiger partial charge >= 0.3 is 18.1 Å². The van der Waals surface area contributed by atoms with Crippen molar-refractivity contribution in [2.24, 2.45) is 0 Å². The molecule has 0 fully saturated rings. The Balaban J connectivity index is 2.81. The Hall–Kier alpha value is -1.64. The van der Waals surface area contributed by atoms with Gasteiger partial charge in [0.25, 0.3) is 0 Å². The summed E-state index contributed by atoms with van der Waals surface area (Å²) in [5, 5.41) is 9.83. The number of aromatic nitrogens is 1. The van der Waals surface area contributed by atoms with Crippen LogP contribution in [-0.4, -0.2) is 28.1 Å². The molecule has 9 heteroatoms. The van der Waals surface area contributed by atoms with Crippen LogP contribution in [0.5, 0.6) is 0 Å². The van der Waals surface area contributed by atoms with Crippen molar-refractivity contribution in [3.63, 3.8) is 0 Å². The second-order valence-corrected chi connectivity index (χ2v) is 4.13. The summed E-state index contributed by atoms with van der Waals surface area (Å²) in [6.45, 7) is 1.46. The highest BCUT2D eigenvalue weighted by Gasteiger charge is 2.39. The summed E-state index contributed by atoms with van der Waals surface area (Å²) in [6.07, 6.45) is -5.34. The predicted octanol–water partition coefficient (Wildman–Crippen LogP) is 1.58. The Morgan fingerprint density at radius 1 is 1.47 bits per heavy atom. The first-order valence-electron chi connectivity index (χ1n) is 4.26. The number of nitrogens with zero attached hydrogens (tertiary/aromatic N) is 1. The van der Waals surface area contributed by atoms with Crippen LogP contribution in [0.1, 0.15) is 10.6 Å². The van der Waals surface area contributed by atoms with E-state index in [1.165, 1.54) is 6.92 Å². The van der Waals surface area contributed by atoms with Crippen molar-refractivity contribution < 1.29 is 27.9 Å². The number of hydrogen-bond donors (Lipinski definition) is 2. The fraction of sp³-hybridized carbons (Fsp3) is 0.375. The van der Waals surface area contributed by atoms with Gasteiger partial charge in [0, 0.05) is 4.88 Å². The molecule has 1 aromatic heterocycles. The molecule has 0 saturated carbocycles. The highest BCUT2D eigenvalue weighted by molar-refractivity contribution is 7.16. The van der Waals surface area contributed by atoms with Crippen LogP contribution in [-0.2, 0) is 16.0 Å². The van der Waals surface area contributed by atoms with E-state index in [4.69, 9.17) is 5.11 Å². The highest BCUT2D eigenvalue weighted by atomic mass is 32.1. The van der Waals surface area contributed by atoms with Crippen LogP contribution in [0.2, 0.25) is 0 Å². The van der Waals surface area contributed by atoms with Crippen LogP contribution >= 0.6 is 11.3 Å². The molecular weight excluding hydrogens is 261 g/mol. The first-order valence-corrected chi connectivity index (χ1v) is 5.08. The number of carbonyl (C=O) groups is 2. The number of carboxylic acids is 1. The van der Waals surface area contributed by atoms with Crippen LogP contribution in [0.4, 0.5) is 18.3 Å². The van der Waals surface area contributed by atoms with Crippen molar-refractivity contribution in [1.82, 2.24) is 4.98 Å². The van der Waals surface area contributed by atoms with Gasteiger partial charge in [0.1, 0.15) is 0 Å². The van der Waals surface area contributed by atoms with Gasteiger partial charge in [-0.05, 0) is 6.92 Å². The average molecular weight is 268 g/mol. The van der Waals surface area contributed by atoms with Gasteiger partial charge in [-0.1, -0.05) is 0 Å². The first kappa shape index (κ1) is 13.4. The number of alkyl halides is 3. The molecule has 0 aliphatic rings. The number of halogens is 3. The number of anilines is 1. The van der Waals surface area contributed by atoms with Gasteiger partial charge in [0.05, 0.1) is 12.1 Å². The number of thiazole rings is 1. The Kier molecular flexibility index (Phi) is 3.71. The van der Waals surface area contributed by atoms with Crippen LogP contribution in [0, 0.1) is 6.92 Å². The summed E-state index contributed by atoms with van der Waals surface area (Å²) in [5.74, 6) is -3.25. The topological polar surface area (TPSA) is 79.3 Å². The molecule has 0 unspecified atom stereocenters. The van der Waals surface area contributed by atoms with Crippen molar-refractivity contribution in [3.8, 4) is 0 Å². The minimum atomic E-state index is -4.99. The summed E-state index contributed by atoms with van der Waals surface area (Å²) in [4.78, 5) is 25.0. The summed E-state index contributed by atoms with van der Waals surface area (Å²) in [7, 11) is 0. The Labute approximate surface area is 97.3 Å². The Morgan fingerprint density at radius 3 is 2.53 bits per heavy atom. The largest absolute Gasteiger partial charge is 0.481 e. The van der Waals surface area contributed by atoms with Crippen LogP contribution in [0.15, 0.2) is 0 Å². The lowest BCUT2D eigenvalue weighted by Gasteiger charge is -2.03. The van der Waals surface area contributed by atoms with Crippen molar-refractivity contribution in [2.75, 3.05) is 5.32 Å². The van der Waals surface area contributed by atoms with Gasteiger partial charge in [-0.2, -0.15) is 13.2 Å².